The molecule has 0 amide bonds. The van der Waals surface area contributed by atoms with E-state index in [2.05, 4.69) is 38.0 Å². The predicted octanol–water partition coefficient (Wildman–Crippen LogP) is 4.28. The summed E-state index contributed by atoms with van der Waals surface area (Å²) in [6.07, 6.45) is 1.37. The first-order chi connectivity index (χ1) is 10.2. The van der Waals surface area contributed by atoms with E-state index in [4.69, 9.17) is 10.5 Å². The second-order valence-electron chi connectivity index (χ2n) is 4.37. The molecule has 3 aromatic rings. The molecule has 3 rings (SSSR count). The standard InChI is InChI=1S/C16H12BrN3O/c17-14-15(18)19-10-20-16(14)21-13-8-6-12(7-9-13)11-4-2-1-3-5-11/h1-10H,(H2,18,19,20). The van der Waals surface area contributed by atoms with E-state index in [1.807, 2.05) is 42.5 Å². The van der Waals surface area contributed by atoms with Gasteiger partial charge in [0.2, 0.25) is 5.88 Å². The van der Waals surface area contributed by atoms with E-state index in [1.54, 1.807) is 0 Å². The Hall–Kier alpha value is -2.40. The fraction of sp³-hybridized carbons (Fsp3) is 0. The fourth-order valence-electron chi connectivity index (χ4n) is 1.90. The summed E-state index contributed by atoms with van der Waals surface area (Å²) >= 11 is 3.31. The number of hydrogen-bond acceptors (Lipinski definition) is 4. The van der Waals surface area contributed by atoms with Gasteiger partial charge in [0.15, 0.2) is 0 Å². The first kappa shape index (κ1) is 13.6. The quantitative estimate of drug-likeness (QED) is 0.772. The van der Waals surface area contributed by atoms with Gasteiger partial charge in [-0.2, -0.15) is 0 Å². The molecular weight excluding hydrogens is 330 g/mol. The fourth-order valence-corrected chi connectivity index (χ4v) is 2.18. The first-order valence-corrected chi connectivity index (χ1v) is 7.12. The van der Waals surface area contributed by atoms with Crippen LogP contribution >= 0.6 is 15.9 Å². The van der Waals surface area contributed by atoms with Crippen LogP contribution in [0, 0.1) is 0 Å². The van der Waals surface area contributed by atoms with Gasteiger partial charge in [0.1, 0.15) is 22.4 Å². The predicted molar refractivity (Wildman–Crippen MR) is 86.1 cm³/mol. The summed E-state index contributed by atoms with van der Waals surface area (Å²) in [4.78, 5) is 7.93. The van der Waals surface area contributed by atoms with E-state index >= 15 is 0 Å². The number of nitrogens with two attached hydrogens (primary N) is 1. The molecule has 21 heavy (non-hydrogen) atoms. The Kier molecular flexibility index (Phi) is 3.83. The van der Waals surface area contributed by atoms with Gasteiger partial charge in [-0.3, -0.25) is 0 Å². The first-order valence-electron chi connectivity index (χ1n) is 6.33. The molecule has 5 heteroatoms. The topological polar surface area (TPSA) is 61.0 Å². The highest BCUT2D eigenvalue weighted by molar-refractivity contribution is 9.10. The zero-order chi connectivity index (χ0) is 14.7. The molecule has 2 aromatic carbocycles. The highest BCUT2D eigenvalue weighted by Crippen LogP contribution is 2.31. The maximum atomic E-state index is 5.70. The number of aromatic nitrogens is 2. The molecule has 0 saturated heterocycles. The molecule has 0 aliphatic rings. The molecule has 1 aromatic heterocycles. The summed E-state index contributed by atoms with van der Waals surface area (Å²) in [6.45, 7) is 0. The minimum atomic E-state index is 0.348. The summed E-state index contributed by atoms with van der Waals surface area (Å²) in [7, 11) is 0. The van der Waals surface area contributed by atoms with Crippen LogP contribution in [0.2, 0.25) is 0 Å². The molecule has 0 spiro atoms. The van der Waals surface area contributed by atoms with Crippen molar-refractivity contribution in [2.45, 2.75) is 0 Å². The van der Waals surface area contributed by atoms with E-state index in [-0.39, 0.29) is 0 Å². The second kappa shape index (κ2) is 5.93. The van der Waals surface area contributed by atoms with Crippen molar-refractivity contribution in [1.29, 1.82) is 0 Å². The third kappa shape index (κ3) is 3.03. The Balaban J connectivity index is 1.83. The van der Waals surface area contributed by atoms with Crippen molar-refractivity contribution in [2.75, 3.05) is 5.73 Å². The van der Waals surface area contributed by atoms with Crippen molar-refractivity contribution >= 4 is 21.7 Å². The Morgan fingerprint density at radius 1 is 0.857 bits per heavy atom. The van der Waals surface area contributed by atoms with Crippen molar-refractivity contribution in [1.82, 2.24) is 9.97 Å². The summed E-state index contributed by atoms with van der Waals surface area (Å²) in [5, 5.41) is 0. The lowest BCUT2D eigenvalue weighted by Gasteiger charge is -2.08. The highest BCUT2D eigenvalue weighted by atomic mass is 79.9. The van der Waals surface area contributed by atoms with Crippen molar-refractivity contribution in [3.8, 4) is 22.8 Å². The maximum absolute atomic E-state index is 5.70. The SMILES string of the molecule is Nc1ncnc(Oc2ccc(-c3ccccc3)cc2)c1Br. The van der Waals surface area contributed by atoms with Crippen LogP contribution in [-0.2, 0) is 0 Å². The minimum Gasteiger partial charge on any atom is -0.438 e. The highest BCUT2D eigenvalue weighted by Gasteiger charge is 2.08. The summed E-state index contributed by atoms with van der Waals surface area (Å²) in [5.74, 6) is 1.43. The number of ether oxygens (including phenoxy) is 1. The van der Waals surface area contributed by atoms with Gasteiger partial charge in [0.05, 0.1) is 0 Å². The largest absolute Gasteiger partial charge is 0.438 e. The van der Waals surface area contributed by atoms with Gasteiger partial charge < -0.3 is 10.5 Å². The number of rotatable bonds is 3. The Morgan fingerprint density at radius 2 is 1.52 bits per heavy atom. The maximum Gasteiger partial charge on any atom is 0.238 e. The number of hydrogen-bond donors (Lipinski definition) is 1. The van der Waals surface area contributed by atoms with Gasteiger partial charge in [-0.25, -0.2) is 9.97 Å². The van der Waals surface area contributed by atoms with Gasteiger partial charge in [-0.05, 0) is 39.2 Å². The third-order valence-electron chi connectivity index (χ3n) is 2.96. The van der Waals surface area contributed by atoms with Crippen molar-refractivity contribution in [3.63, 3.8) is 0 Å². The van der Waals surface area contributed by atoms with Gasteiger partial charge in [0.25, 0.3) is 0 Å². The summed E-state index contributed by atoms with van der Waals surface area (Å²) in [5.41, 5.74) is 7.99. The molecule has 1 heterocycles. The van der Waals surface area contributed by atoms with E-state index in [9.17, 15) is 0 Å². The van der Waals surface area contributed by atoms with Crippen LogP contribution in [0.1, 0.15) is 0 Å². The van der Waals surface area contributed by atoms with Crippen LogP contribution in [0.5, 0.6) is 11.6 Å². The van der Waals surface area contributed by atoms with Crippen molar-refractivity contribution in [2.24, 2.45) is 0 Å². The van der Waals surface area contributed by atoms with Gasteiger partial charge in [-0.1, -0.05) is 42.5 Å². The zero-order valence-electron chi connectivity index (χ0n) is 11.0. The van der Waals surface area contributed by atoms with E-state index in [1.165, 1.54) is 6.33 Å². The number of benzene rings is 2. The average molecular weight is 342 g/mol. The summed E-state index contributed by atoms with van der Waals surface area (Å²) < 4.78 is 6.26. The Morgan fingerprint density at radius 3 is 2.24 bits per heavy atom. The number of nitrogen functional groups attached to an aromatic ring is 1. The molecule has 0 radical (unpaired) electrons. The molecule has 0 aliphatic carbocycles. The van der Waals surface area contributed by atoms with Gasteiger partial charge in [0, 0.05) is 0 Å². The van der Waals surface area contributed by atoms with Crippen LogP contribution in [0.25, 0.3) is 11.1 Å². The van der Waals surface area contributed by atoms with Crippen LogP contribution in [0.3, 0.4) is 0 Å². The Labute approximate surface area is 130 Å². The summed E-state index contributed by atoms with van der Waals surface area (Å²) in [6, 6.07) is 18.0. The van der Waals surface area contributed by atoms with Crippen LogP contribution in [0.4, 0.5) is 5.82 Å². The molecule has 2 N–H and O–H groups in total. The van der Waals surface area contributed by atoms with E-state index in [0.717, 1.165) is 11.1 Å². The molecular formula is C16H12BrN3O. The molecule has 104 valence electrons. The Bertz CT molecular complexity index is 745. The molecule has 0 aliphatic heterocycles. The lowest BCUT2D eigenvalue weighted by Crippen LogP contribution is -1.96. The lowest BCUT2D eigenvalue weighted by molar-refractivity contribution is 0.458. The third-order valence-corrected chi connectivity index (χ3v) is 3.71. The smallest absolute Gasteiger partial charge is 0.238 e. The molecule has 0 fully saturated rings. The molecule has 4 nitrogen and oxygen atoms in total. The normalized spacial score (nSPS) is 10.3. The average Bonchev–Trinajstić information content (AvgIpc) is 2.53. The van der Waals surface area contributed by atoms with E-state index < -0.39 is 0 Å². The molecule has 0 atom stereocenters. The van der Waals surface area contributed by atoms with Crippen LogP contribution in [-0.4, -0.2) is 9.97 Å². The molecule has 0 unspecified atom stereocenters. The van der Waals surface area contributed by atoms with Crippen LogP contribution in [0.15, 0.2) is 65.4 Å². The van der Waals surface area contributed by atoms with Crippen LogP contribution < -0.4 is 10.5 Å². The monoisotopic (exact) mass is 341 g/mol. The number of halogens is 1. The van der Waals surface area contributed by atoms with E-state index in [0.29, 0.717) is 21.9 Å². The molecule has 0 bridgehead atoms. The lowest BCUT2D eigenvalue weighted by atomic mass is 10.1. The van der Waals surface area contributed by atoms with Crippen molar-refractivity contribution < 1.29 is 4.74 Å². The number of nitrogens with zero attached hydrogens (tertiary/aromatic N) is 2. The minimum absolute atomic E-state index is 0.348. The van der Waals surface area contributed by atoms with Crippen molar-refractivity contribution in [3.05, 3.63) is 65.4 Å². The van der Waals surface area contributed by atoms with Gasteiger partial charge >= 0.3 is 0 Å². The second-order valence-corrected chi connectivity index (χ2v) is 5.16. The van der Waals surface area contributed by atoms with Gasteiger partial charge in [-0.15, -0.1) is 0 Å². The zero-order valence-corrected chi connectivity index (χ0v) is 12.6. The molecule has 0 saturated carbocycles. The number of anilines is 1.